The topological polar surface area (TPSA) is 61.4 Å². The van der Waals surface area contributed by atoms with E-state index in [4.69, 9.17) is 0 Å². The van der Waals surface area contributed by atoms with E-state index in [1.54, 1.807) is 23.1 Å². The van der Waals surface area contributed by atoms with Crippen LogP contribution in [0.1, 0.15) is 42.6 Å². The van der Waals surface area contributed by atoms with Crippen LogP contribution >= 0.6 is 0 Å². The van der Waals surface area contributed by atoms with Crippen LogP contribution in [0.3, 0.4) is 0 Å². The van der Waals surface area contributed by atoms with Crippen molar-refractivity contribution in [2.45, 2.75) is 38.1 Å². The number of piperazine rings is 1. The highest BCUT2D eigenvalue weighted by Gasteiger charge is 2.24. The summed E-state index contributed by atoms with van der Waals surface area (Å²) in [5.74, 6) is 0.381. The van der Waals surface area contributed by atoms with Gasteiger partial charge in [0.15, 0.2) is 5.69 Å². The molecule has 0 radical (unpaired) electrons. The normalized spacial score (nSPS) is 18.2. The molecule has 1 aromatic carbocycles. The lowest BCUT2D eigenvalue weighted by Gasteiger charge is -2.36. The van der Waals surface area contributed by atoms with E-state index < -0.39 is 0 Å². The van der Waals surface area contributed by atoms with E-state index >= 15 is 0 Å². The number of para-hydroxylation sites is 1. The van der Waals surface area contributed by atoms with Crippen LogP contribution in [0.2, 0.25) is 0 Å². The Kier molecular flexibility index (Phi) is 5.69. The average molecular weight is 383 g/mol. The van der Waals surface area contributed by atoms with E-state index in [9.17, 15) is 9.18 Å². The van der Waals surface area contributed by atoms with Crippen LogP contribution in [0.5, 0.6) is 0 Å². The third kappa shape index (κ3) is 4.24. The molecule has 6 nitrogen and oxygen atoms in total. The lowest BCUT2D eigenvalue weighted by Crippen LogP contribution is -2.49. The lowest BCUT2D eigenvalue weighted by molar-refractivity contribution is 0.0739. The molecule has 0 atom stereocenters. The first-order valence-electron chi connectivity index (χ1n) is 10.1. The number of benzene rings is 1. The third-order valence-electron chi connectivity index (χ3n) is 5.60. The molecular formula is C21H26FN5O. The minimum atomic E-state index is -0.228. The van der Waals surface area contributed by atoms with Gasteiger partial charge in [-0.1, -0.05) is 31.4 Å². The molecule has 28 heavy (non-hydrogen) atoms. The summed E-state index contributed by atoms with van der Waals surface area (Å²) in [6, 6.07) is 10.8. The van der Waals surface area contributed by atoms with Gasteiger partial charge in [0.25, 0.3) is 5.91 Å². The maximum Gasteiger partial charge on any atom is 0.274 e. The number of hydrogen-bond acceptors (Lipinski definition) is 5. The van der Waals surface area contributed by atoms with Crippen molar-refractivity contribution in [2.75, 3.05) is 36.4 Å². The first-order valence-corrected chi connectivity index (χ1v) is 10.1. The van der Waals surface area contributed by atoms with Crippen molar-refractivity contribution >= 4 is 17.4 Å². The molecule has 1 aliphatic carbocycles. The third-order valence-corrected chi connectivity index (χ3v) is 5.60. The van der Waals surface area contributed by atoms with Crippen LogP contribution in [-0.2, 0) is 0 Å². The molecule has 1 amide bonds. The van der Waals surface area contributed by atoms with Crippen molar-refractivity contribution < 1.29 is 9.18 Å². The van der Waals surface area contributed by atoms with Gasteiger partial charge in [0.1, 0.15) is 11.6 Å². The van der Waals surface area contributed by atoms with Crippen LogP contribution in [0.25, 0.3) is 0 Å². The average Bonchev–Trinajstić information content (AvgIpc) is 2.75. The van der Waals surface area contributed by atoms with Crippen molar-refractivity contribution in [1.82, 2.24) is 15.1 Å². The van der Waals surface area contributed by atoms with Gasteiger partial charge in [-0.15, -0.1) is 10.2 Å². The molecule has 2 aliphatic rings. The fourth-order valence-electron chi connectivity index (χ4n) is 4.00. The highest BCUT2D eigenvalue weighted by molar-refractivity contribution is 5.92. The Morgan fingerprint density at radius 3 is 2.39 bits per heavy atom. The maximum absolute atomic E-state index is 14.0. The number of rotatable bonds is 4. The minimum Gasteiger partial charge on any atom is -0.366 e. The summed E-state index contributed by atoms with van der Waals surface area (Å²) in [7, 11) is 0. The maximum atomic E-state index is 14.0. The molecule has 1 aromatic heterocycles. The number of anilines is 2. The molecule has 1 saturated heterocycles. The Bertz CT molecular complexity index is 799. The number of carbonyl (C=O) groups is 1. The molecule has 1 aliphatic heterocycles. The summed E-state index contributed by atoms with van der Waals surface area (Å²) < 4.78 is 14.0. The van der Waals surface area contributed by atoms with E-state index in [-0.39, 0.29) is 11.7 Å². The van der Waals surface area contributed by atoms with E-state index in [0.29, 0.717) is 43.6 Å². The van der Waals surface area contributed by atoms with E-state index in [1.807, 2.05) is 17.0 Å². The number of nitrogens with zero attached hydrogens (tertiary/aromatic N) is 4. The molecule has 148 valence electrons. The predicted octanol–water partition coefficient (Wildman–Crippen LogP) is 3.32. The van der Waals surface area contributed by atoms with Gasteiger partial charge in [0.05, 0.1) is 5.69 Å². The van der Waals surface area contributed by atoms with Gasteiger partial charge in [-0.25, -0.2) is 4.39 Å². The van der Waals surface area contributed by atoms with Crippen molar-refractivity contribution in [3.05, 3.63) is 47.9 Å². The van der Waals surface area contributed by atoms with Crippen molar-refractivity contribution in [3.8, 4) is 0 Å². The number of carbonyl (C=O) groups excluding carboxylic acids is 1. The van der Waals surface area contributed by atoms with Gasteiger partial charge < -0.3 is 15.1 Å². The zero-order valence-electron chi connectivity index (χ0n) is 16.0. The standard InChI is InChI=1S/C21H26FN5O/c22-17-8-4-5-9-19(17)26-12-14-27(15-13-26)21(28)18-10-11-20(25-24-18)23-16-6-2-1-3-7-16/h4-5,8-11,16H,1-3,6-7,12-15H2,(H,23,25). The van der Waals surface area contributed by atoms with Gasteiger partial charge in [-0.2, -0.15) is 0 Å². The fraction of sp³-hybridized carbons (Fsp3) is 0.476. The SMILES string of the molecule is O=C(c1ccc(NC2CCCCC2)nn1)N1CCN(c2ccccc2F)CC1. The second-order valence-electron chi connectivity index (χ2n) is 7.51. The quantitative estimate of drug-likeness (QED) is 0.878. The van der Waals surface area contributed by atoms with Gasteiger partial charge in [-0.05, 0) is 37.1 Å². The summed E-state index contributed by atoms with van der Waals surface area (Å²) in [5.41, 5.74) is 0.945. The Labute approximate surface area is 164 Å². The van der Waals surface area contributed by atoms with Crippen LogP contribution < -0.4 is 10.2 Å². The summed E-state index contributed by atoms with van der Waals surface area (Å²) in [4.78, 5) is 16.5. The number of halogens is 1. The van der Waals surface area contributed by atoms with Gasteiger partial charge in [-0.3, -0.25) is 4.79 Å². The van der Waals surface area contributed by atoms with Crippen molar-refractivity contribution in [2.24, 2.45) is 0 Å². The first-order chi connectivity index (χ1) is 13.7. The molecule has 0 spiro atoms. The monoisotopic (exact) mass is 383 g/mol. The molecule has 2 aromatic rings. The van der Waals surface area contributed by atoms with Crippen molar-refractivity contribution in [3.63, 3.8) is 0 Å². The van der Waals surface area contributed by atoms with Gasteiger partial charge >= 0.3 is 0 Å². The number of amides is 1. The Hall–Kier alpha value is -2.70. The zero-order valence-corrected chi connectivity index (χ0v) is 16.0. The van der Waals surface area contributed by atoms with Crippen molar-refractivity contribution in [1.29, 1.82) is 0 Å². The fourth-order valence-corrected chi connectivity index (χ4v) is 4.00. The Balaban J connectivity index is 1.33. The second-order valence-corrected chi connectivity index (χ2v) is 7.51. The Morgan fingerprint density at radius 1 is 0.964 bits per heavy atom. The highest BCUT2D eigenvalue weighted by atomic mass is 19.1. The smallest absolute Gasteiger partial charge is 0.274 e. The molecule has 7 heteroatoms. The number of hydrogen-bond donors (Lipinski definition) is 1. The molecular weight excluding hydrogens is 357 g/mol. The van der Waals surface area contributed by atoms with Gasteiger partial charge in [0.2, 0.25) is 0 Å². The van der Waals surface area contributed by atoms with E-state index in [1.165, 1.54) is 25.3 Å². The molecule has 4 rings (SSSR count). The lowest BCUT2D eigenvalue weighted by atomic mass is 9.95. The molecule has 2 heterocycles. The second kappa shape index (κ2) is 8.54. The van der Waals surface area contributed by atoms with Crippen LogP contribution in [0.15, 0.2) is 36.4 Å². The molecule has 1 N–H and O–H groups in total. The minimum absolute atomic E-state index is 0.120. The first kappa shape index (κ1) is 18.7. The van der Waals surface area contributed by atoms with E-state index in [2.05, 4.69) is 15.5 Å². The summed E-state index contributed by atoms with van der Waals surface area (Å²) in [5, 5.41) is 11.7. The molecule has 0 unspecified atom stereocenters. The zero-order chi connectivity index (χ0) is 19.3. The van der Waals surface area contributed by atoms with Crippen LogP contribution in [0, 0.1) is 5.82 Å². The van der Waals surface area contributed by atoms with E-state index in [0.717, 1.165) is 18.7 Å². The highest BCUT2D eigenvalue weighted by Crippen LogP contribution is 2.22. The number of nitrogens with one attached hydrogen (secondary N) is 1. The van der Waals surface area contributed by atoms with Crippen LogP contribution in [-0.4, -0.2) is 53.2 Å². The molecule has 1 saturated carbocycles. The predicted molar refractivity (Wildman–Crippen MR) is 107 cm³/mol. The number of aromatic nitrogens is 2. The largest absolute Gasteiger partial charge is 0.366 e. The van der Waals surface area contributed by atoms with Crippen LogP contribution in [0.4, 0.5) is 15.9 Å². The summed E-state index contributed by atoms with van der Waals surface area (Å²) >= 11 is 0. The van der Waals surface area contributed by atoms with Gasteiger partial charge in [0, 0.05) is 32.2 Å². The summed E-state index contributed by atoms with van der Waals surface area (Å²) in [6.45, 7) is 2.27. The molecule has 0 bridgehead atoms. The molecule has 2 fully saturated rings. The Morgan fingerprint density at radius 2 is 1.71 bits per heavy atom. The summed E-state index contributed by atoms with van der Waals surface area (Å²) in [6.07, 6.45) is 6.13.